The Morgan fingerprint density at radius 1 is 0.905 bits per heavy atom. The van der Waals surface area contributed by atoms with Crippen LogP contribution in [0.15, 0.2) is 130 Å². The second-order valence-corrected chi connectivity index (χ2v) is 14.1. The molecule has 0 unspecified atom stereocenters. The highest BCUT2D eigenvalue weighted by atomic mass is 32.2. The van der Waals surface area contributed by atoms with Crippen LogP contribution in [0.25, 0.3) is 0 Å². The van der Waals surface area contributed by atoms with Crippen molar-refractivity contribution < 1.29 is 0 Å². The van der Waals surface area contributed by atoms with Gasteiger partial charge in [-0.25, -0.2) is 0 Å². The van der Waals surface area contributed by atoms with Crippen LogP contribution in [0.4, 0.5) is 5.69 Å². The molecule has 5 rings (SSSR count). The van der Waals surface area contributed by atoms with Crippen LogP contribution in [0.5, 0.6) is 0 Å². The van der Waals surface area contributed by atoms with Gasteiger partial charge in [0.2, 0.25) is 0 Å². The fourth-order valence-corrected chi connectivity index (χ4v) is 7.25. The molecule has 1 heterocycles. The molecular formula is C40H45NS. The Labute approximate surface area is 258 Å². The Balaban J connectivity index is 1.50. The zero-order valence-corrected chi connectivity index (χ0v) is 27.2. The van der Waals surface area contributed by atoms with Gasteiger partial charge in [0.1, 0.15) is 0 Å². The number of rotatable bonds is 7. The Kier molecular flexibility index (Phi) is 8.58. The summed E-state index contributed by atoms with van der Waals surface area (Å²) in [6.07, 6.45) is 12.6. The van der Waals surface area contributed by atoms with Crippen LogP contribution in [-0.2, 0) is 10.8 Å². The maximum Gasteiger partial charge on any atom is 0.0424 e. The summed E-state index contributed by atoms with van der Waals surface area (Å²) >= 11 is 1.89. The van der Waals surface area contributed by atoms with E-state index in [4.69, 9.17) is 0 Å². The first-order chi connectivity index (χ1) is 20.0. The standard InChI is InChI=1S/C40H45NS/c1-27-17-19-29(3)34(25-27)39(5,6)30(4)20-21-31-13-12-14-32(38(31)42-33-15-10-9-11-16-33)22-24-37-40(7,8)35-26-28(2)18-23-36(35)41-37/h9-11,15-26,41H,4,12-14H2,1-3,5-8H3/b21-20+,32-22+,37-24+. The molecule has 0 spiro atoms. The van der Waals surface area contributed by atoms with Gasteiger partial charge in [-0.05, 0) is 97.7 Å². The second kappa shape index (κ2) is 12.0. The first kappa shape index (κ1) is 30.0. The number of fused-ring (bicyclic) bond motifs is 1. The number of anilines is 1. The third kappa shape index (κ3) is 6.15. The molecule has 2 aliphatic rings. The predicted octanol–water partition coefficient (Wildman–Crippen LogP) is 11.4. The highest BCUT2D eigenvalue weighted by Crippen LogP contribution is 2.45. The summed E-state index contributed by atoms with van der Waals surface area (Å²) in [5.74, 6) is 0. The smallest absolute Gasteiger partial charge is 0.0424 e. The molecule has 1 aliphatic carbocycles. The van der Waals surface area contributed by atoms with E-state index < -0.39 is 0 Å². The summed E-state index contributed by atoms with van der Waals surface area (Å²) in [5, 5.41) is 3.72. The minimum absolute atomic E-state index is 0.0521. The van der Waals surface area contributed by atoms with Crippen molar-refractivity contribution in [3.8, 4) is 0 Å². The minimum atomic E-state index is -0.148. The maximum absolute atomic E-state index is 4.57. The number of hydrogen-bond acceptors (Lipinski definition) is 2. The van der Waals surface area contributed by atoms with Gasteiger partial charge >= 0.3 is 0 Å². The summed E-state index contributed by atoms with van der Waals surface area (Å²) < 4.78 is 0. The van der Waals surface area contributed by atoms with E-state index in [-0.39, 0.29) is 10.8 Å². The fraction of sp³-hybridized carbons (Fsp3) is 0.300. The summed E-state index contributed by atoms with van der Waals surface area (Å²) in [5.41, 5.74) is 12.9. The molecule has 2 heteroatoms. The molecular weight excluding hydrogens is 527 g/mol. The molecule has 0 radical (unpaired) electrons. The summed E-state index contributed by atoms with van der Waals surface area (Å²) in [6.45, 7) is 20.4. The van der Waals surface area contributed by atoms with Gasteiger partial charge in [0.15, 0.2) is 0 Å². The molecule has 0 atom stereocenters. The molecule has 0 fully saturated rings. The third-order valence-electron chi connectivity index (χ3n) is 9.04. The zero-order chi connectivity index (χ0) is 30.1. The Bertz CT molecular complexity index is 1630. The largest absolute Gasteiger partial charge is 0.358 e. The van der Waals surface area contributed by atoms with Crippen LogP contribution >= 0.6 is 11.8 Å². The highest BCUT2D eigenvalue weighted by molar-refractivity contribution is 8.03. The van der Waals surface area contributed by atoms with Gasteiger partial charge in [-0.2, -0.15) is 0 Å². The lowest BCUT2D eigenvalue weighted by Crippen LogP contribution is -2.20. The topological polar surface area (TPSA) is 12.0 Å². The number of allylic oxidation sites excluding steroid dienone is 8. The van der Waals surface area contributed by atoms with Crippen molar-refractivity contribution in [1.29, 1.82) is 0 Å². The Morgan fingerprint density at radius 2 is 1.62 bits per heavy atom. The van der Waals surface area contributed by atoms with E-state index >= 15 is 0 Å². The third-order valence-corrected chi connectivity index (χ3v) is 10.3. The normalized spacial score (nSPS) is 18.5. The molecule has 0 saturated heterocycles. The van der Waals surface area contributed by atoms with Crippen LogP contribution in [-0.4, -0.2) is 0 Å². The summed E-state index contributed by atoms with van der Waals surface area (Å²) in [7, 11) is 0. The molecule has 0 amide bonds. The van der Waals surface area contributed by atoms with E-state index in [1.807, 2.05) is 11.8 Å². The van der Waals surface area contributed by atoms with Crippen molar-refractivity contribution in [2.45, 2.75) is 83.5 Å². The van der Waals surface area contributed by atoms with Crippen LogP contribution < -0.4 is 5.32 Å². The minimum Gasteiger partial charge on any atom is -0.358 e. The number of benzene rings is 3. The van der Waals surface area contributed by atoms with Gasteiger partial charge in [0, 0.05) is 32.0 Å². The van der Waals surface area contributed by atoms with Gasteiger partial charge in [-0.1, -0.05) is 124 Å². The second-order valence-electron chi connectivity index (χ2n) is 13.0. The maximum atomic E-state index is 4.57. The first-order valence-electron chi connectivity index (χ1n) is 15.2. The monoisotopic (exact) mass is 571 g/mol. The van der Waals surface area contributed by atoms with Crippen LogP contribution in [0.2, 0.25) is 0 Å². The summed E-state index contributed by atoms with van der Waals surface area (Å²) in [6, 6.07) is 24.2. The predicted molar refractivity (Wildman–Crippen MR) is 184 cm³/mol. The molecule has 1 aliphatic heterocycles. The van der Waals surface area contributed by atoms with E-state index in [1.165, 1.54) is 60.1 Å². The van der Waals surface area contributed by atoms with Gasteiger partial charge in [0.25, 0.3) is 0 Å². The van der Waals surface area contributed by atoms with E-state index in [1.54, 1.807) is 0 Å². The van der Waals surface area contributed by atoms with Crippen LogP contribution in [0.3, 0.4) is 0 Å². The van der Waals surface area contributed by atoms with E-state index in [0.29, 0.717) is 0 Å². The first-order valence-corrected chi connectivity index (χ1v) is 16.0. The molecule has 3 aromatic carbocycles. The SMILES string of the molecule is C=C(/C=C/C1=C(Sc2ccccc2)C(=C/C=C2/Nc3ccc(C)cc3C2(C)C)/CCC1)C(C)(C)c1cc(C)ccc1C. The molecule has 3 aromatic rings. The van der Waals surface area contributed by atoms with Gasteiger partial charge in [-0.3, -0.25) is 0 Å². The van der Waals surface area contributed by atoms with Crippen molar-refractivity contribution in [1.82, 2.24) is 0 Å². The van der Waals surface area contributed by atoms with Crippen molar-refractivity contribution in [3.63, 3.8) is 0 Å². The molecule has 0 bridgehead atoms. The average molecular weight is 572 g/mol. The van der Waals surface area contributed by atoms with E-state index in [9.17, 15) is 0 Å². The van der Waals surface area contributed by atoms with Gasteiger partial charge < -0.3 is 5.32 Å². The molecule has 42 heavy (non-hydrogen) atoms. The number of nitrogens with one attached hydrogen (secondary N) is 1. The lowest BCUT2D eigenvalue weighted by molar-refractivity contribution is 0.636. The lowest BCUT2D eigenvalue weighted by Gasteiger charge is -2.29. The Morgan fingerprint density at radius 3 is 2.38 bits per heavy atom. The van der Waals surface area contributed by atoms with Crippen LogP contribution in [0.1, 0.15) is 74.8 Å². The number of aryl methyl sites for hydroxylation is 3. The summed E-state index contributed by atoms with van der Waals surface area (Å²) in [4.78, 5) is 2.65. The van der Waals surface area contributed by atoms with Crippen molar-refractivity contribution in [2.75, 3.05) is 5.32 Å². The lowest BCUT2D eigenvalue weighted by atomic mass is 9.75. The van der Waals surface area contributed by atoms with Crippen molar-refractivity contribution in [2.24, 2.45) is 0 Å². The average Bonchev–Trinajstić information content (AvgIpc) is 3.21. The van der Waals surface area contributed by atoms with Gasteiger partial charge in [0.05, 0.1) is 0 Å². The molecule has 0 saturated carbocycles. The van der Waals surface area contributed by atoms with Crippen LogP contribution in [0, 0.1) is 20.8 Å². The Hall–Kier alpha value is -3.49. The molecule has 1 N–H and O–H groups in total. The quantitative estimate of drug-likeness (QED) is 0.283. The van der Waals surface area contributed by atoms with Crippen molar-refractivity contribution in [3.05, 3.63) is 153 Å². The zero-order valence-electron chi connectivity index (χ0n) is 26.4. The van der Waals surface area contributed by atoms with E-state index in [0.717, 1.165) is 24.8 Å². The molecule has 1 nitrogen and oxygen atoms in total. The number of thioether (sulfide) groups is 1. The molecule has 0 aromatic heterocycles. The van der Waals surface area contributed by atoms with E-state index in [2.05, 4.69) is 151 Å². The molecule has 216 valence electrons. The van der Waals surface area contributed by atoms with Crippen molar-refractivity contribution >= 4 is 17.4 Å². The highest BCUT2D eigenvalue weighted by Gasteiger charge is 2.34. The fourth-order valence-electron chi connectivity index (χ4n) is 6.11. The number of hydrogen-bond donors (Lipinski definition) is 1. The van der Waals surface area contributed by atoms with Gasteiger partial charge in [-0.15, -0.1) is 0 Å².